The molecule has 1 fully saturated rings. The molecule has 0 spiro atoms. The van der Waals surface area contributed by atoms with E-state index < -0.39 is 0 Å². The Morgan fingerprint density at radius 2 is 2.06 bits per heavy atom. The van der Waals surface area contributed by atoms with Crippen molar-refractivity contribution in [2.24, 2.45) is 5.92 Å². The largest absolute Gasteiger partial charge is 0.393 e. The van der Waals surface area contributed by atoms with Crippen LogP contribution >= 0.6 is 0 Å². The summed E-state index contributed by atoms with van der Waals surface area (Å²) in [5, 5.41) is 21.6. The molecule has 0 unspecified atom stereocenters. The molecule has 1 aliphatic carbocycles. The van der Waals surface area contributed by atoms with Gasteiger partial charge < -0.3 is 10.4 Å². The number of nitrogens with zero attached hydrogens (tertiary/aromatic N) is 1. The van der Waals surface area contributed by atoms with E-state index in [1.54, 1.807) is 0 Å². The lowest BCUT2D eigenvalue weighted by molar-refractivity contribution is 0.111. The van der Waals surface area contributed by atoms with E-state index in [0.29, 0.717) is 11.5 Å². The van der Waals surface area contributed by atoms with E-state index in [9.17, 15) is 5.11 Å². The average molecular weight is 230 g/mol. The third-order valence-corrected chi connectivity index (χ3v) is 3.40. The summed E-state index contributed by atoms with van der Waals surface area (Å²) in [5.41, 5.74) is 1.70. The molecule has 1 aromatic carbocycles. The Hall–Kier alpha value is -1.53. The van der Waals surface area contributed by atoms with Gasteiger partial charge in [-0.15, -0.1) is 0 Å². The molecule has 0 atom stereocenters. The van der Waals surface area contributed by atoms with E-state index in [4.69, 9.17) is 5.26 Å². The van der Waals surface area contributed by atoms with Gasteiger partial charge in [0.15, 0.2) is 0 Å². The first-order chi connectivity index (χ1) is 8.28. The van der Waals surface area contributed by atoms with E-state index >= 15 is 0 Å². The zero-order chi connectivity index (χ0) is 12.1. The van der Waals surface area contributed by atoms with Crippen molar-refractivity contribution in [1.82, 2.24) is 0 Å². The monoisotopic (exact) mass is 230 g/mol. The average Bonchev–Trinajstić information content (AvgIpc) is 2.38. The predicted octanol–water partition coefficient (Wildman–Crippen LogP) is 2.52. The number of benzene rings is 1. The second-order valence-electron chi connectivity index (χ2n) is 4.75. The van der Waals surface area contributed by atoms with Crippen molar-refractivity contribution < 1.29 is 5.11 Å². The minimum Gasteiger partial charge on any atom is -0.393 e. The maximum absolute atomic E-state index is 9.42. The molecule has 0 saturated heterocycles. The Morgan fingerprint density at radius 3 is 2.76 bits per heavy atom. The number of rotatable bonds is 3. The van der Waals surface area contributed by atoms with Crippen molar-refractivity contribution in [2.45, 2.75) is 31.8 Å². The molecular formula is C14H18N2O. The maximum atomic E-state index is 9.42. The Labute approximate surface area is 102 Å². The Morgan fingerprint density at radius 1 is 1.29 bits per heavy atom. The Bertz CT molecular complexity index is 403. The standard InChI is InChI=1S/C14H18N2O/c15-9-12-2-1-3-13(8-12)16-10-11-4-6-14(17)7-5-11/h1-3,8,11,14,16-17H,4-7,10H2. The number of aliphatic hydroxyl groups is 1. The van der Waals surface area contributed by atoms with Crippen LogP contribution in [0.25, 0.3) is 0 Å². The van der Waals surface area contributed by atoms with Crippen LogP contribution < -0.4 is 5.32 Å². The predicted molar refractivity (Wildman–Crippen MR) is 67.6 cm³/mol. The smallest absolute Gasteiger partial charge is 0.0992 e. The number of anilines is 1. The van der Waals surface area contributed by atoms with Gasteiger partial charge in [-0.2, -0.15) is 5.26 Å². The highest BCUT2D eigenvalue weighted by Crippen LogP contribution is 2.24. The molecule has 1 saturated carbocycles. The van der Waals surface area contributed by atoms with Crippen LogP contribution in [-0.2, 0) is 0 Å². The summed E-state index contributed by atoms with van der Waals surface area (Å²) in [4.78, 5) is 0. The van der Waals surface area contributed by atoms with Crippen LogP contribution in [0.15, 0.2) is 24.3 Å². The fraction of sp³-hybridized carbons (Fsp3) is 0.500. The summed E-state index contributed by atoms with van der Waals surface area (Å²) in [7, 11) is 0. The SMILES string of the molecule is N#Cc1cccc(NCC2CCC(O)CC2)c1. The van der Waals surface area contributed by atoms with Gasteiger partial charge >= 0.3 is 0 Å². The van der Waals surface area contributed by atoms with Crippen LogP contribution in [0.2, 0.25) is 0 Å². The van der Waals surface area contributed by atoms with Crippen LogP contribution in [0.5, 0.6) is 0 Å². The molecule has 3 heteroatoms. The van der Waals surface area contributed by atoms with Gasteiger partial charge in [0, 0.05) is 12.2 Å². The van der Waals surface area contributed by atoms with E-state index in [1.807, 2.05) is 24.3 Å². The molecule has 3 nitrogen and oxygen atoms in total. The quantitative estimate of drug-likeness (QED) is 0.839. The molecular weight excluding hydrogens is 212 g/mol. The van der Waals surface area contributed by atoms with Crippen LogP contribution in [0.1, 0.15) is 31.2 Å². The van der Waals surface area contributed by atoms with Gasteiger partial charge in [0.1, 0.15) is 0 Å². The molecule has 17 heavy (non-hydrogen) atoms. The topological polar surface area (TPSA) is 56.0 Å². The van der Waals surface area contributed by atoms with E-state index in [-0.39, 0.29) is 6.10 Å². The zero-order valence-corrected chi connectivity index (χ0v) is 9.89. The second kappa shape index (κ2) is 5.70. The zero-order valence-electron chi connectivity index (χ0n) is 9.89. The highest BCUT2D eigenvalue weighted by molar-refractivity contribution is 5.49. The van der Waals surface area contributed by atoms with Crippen molar-refractivity contribution in [3.63, 3.8) is 0 Å². The number of hydrogen-bond donors (Lipinski definition) is 2. The van der Waals surface area contributed by atoms with E-state index in [1.165, 1.54) is 0 Å². The lowest BCUT2D eigenvalue weighted by atomic mass is 9.87. The first-order valence-electron chi connectivity index (χ1n) is 6.20. The molecule has 0 radical (unpaired) electrons. The summed E-state index contributed by atoms with van der Waals surface area (Å²) in [5.74, 6) is 0.643. The molecule has 0 aliphatic heterocycles. The highest BCUT2D eigenvalue weighted by atomic mass is 16.3. The first-order valence-corrected chi connectivity index (χ1v) is 6.20. The van der Waals surface area contributed by atoms with Gasteiger partial charge in [0.05, 0.1) is 17.7 Å². The number of hydrogen-bond acceptors (Lipinski definition) is 3. The molecule has 2 rings (SSSR count). The van der Waals surface area contributed by atoms with Crippen molar-refractivity contribution in [1.29, 1.82) is 5.26 Å². The van der Waals surface area contributed by atoms with Gasteiger partial charge in [-0.25, -0.2) is 0 Å². The van der Waals surface area contributed by atoms with Crippen LogP contribution in [-0.4, -0.2) is 17.8 Å². The third-order valence-electron chi connectivity index (χ3n) is 3.40. The third kappa shape index (κ3) is 3.47. The van der Waals surface area contributed by atoms with Crippen LogP contribution in [0.3, 0.4) is 0 Å². The van der Waals surface area contributed by atoms with Gasteiger partial charge in [0.25, 0.3) is 0 Å². The van der Waals surface area contributed by atoms with Crippen LogP contribution in [0.4, 0.5) is 5.69 Å². The summed E-state index contributed by atoms with van der Waals surface area (Å²) in [6.07, 6.45) is 3.93. The molecule has 2 N–H and O–H groups in total. The van der Waals surface area contributed by atoms with Gasteiger partial charge in [-0.3, -0.25) is 0 Å². The second-order valence-corrected chi connectivity index (χ2v) is 4.75. The summed E-state index contributed by atoms with van der Waals surface area (Å²) in [6, 6.07) is 9.70. The number of nitrogens with one attached hydrogen (secondary N) is 1. The molecule has 0 amide bonds. The number of nitriles is 1. The van der Waals surface area contributed by atoms with E-state index in [2.05, 4.69) is 11.4 Å². The molecule has 1 aromatic rings. The molecule has 0 heterocycles. The van der Waals surface area contributed by atoms with Crippen molar-refractivity contribution in [3.8, 4) is 6.07 Å². The first kappa shape index (κ1) is 11.9. The van der Waals surface area contributed by atoms with Gasteiger partial charge in [0.2, 0.25) is 0 Å². The fourth-order valence-corrected chi connectivity index (χ4v) is 2.31. The van der Waals surface area contributed by atoms with E-state index in [0.717, 1.165) is 37.9 Å². The highest BCUT2D eigenvalue weighted by Gasteiger charge is 2.18. The lowest BCUT2D eigenvalue weighted by Crippen LogP contribution is -2.23. The summed E-state index contributed by atoms with van der Waals surface area (Å²) >= 11 is 0. The molecule has 90 valence electrons. The van der Waals surface area contributed by atoms with Gasteiger partial charge in [-0.05, 0) is 49.8 Å². The molecule has 1 aliphatic rings. The lowest BCUT2D eigenvalue weighted by Gasteiger charge is -2.25. The maximum Gasteiger partial charge on any atom is 0.0992 e. The van der Waals surface area contributed by atoms with Crippen LogP contribution in [0, 0.1) is 17.2 Å². The Kier molecular flexibility index (Phi) is 4.00. The molecule has 0 bridgehead atoms. The normalized spacial score (nSPS) is 24.0. The minimum atomic E-state index is -0.0897. The van der Waals surface area contributed by atoms with Crippen molar-refractivity contribution in [3.05, 3.63) is 29.8 Å². The fourth-order valence-electron chi connectivity index (χ4n) is 2.31. The van der Waals surface area contributed by atoms with Crippen molar-refractivity contribution >= 4 is 5.69 Å². The van der Waals surface area contributed by atoms with Gasteiger partial charge in [-0.1, -0.05) is 6.07 Å². The van der Waals surface area contributed by atoms with Crippen molar-refractivity contribution in [2.75, 3.05) is 11.9 Å². The summed E-state index contributed by atoms with van der Waals surface area (Å²) in [6.45, 7) is 0.932. The summed E-state index contributed by atoms with van der Waals surface area (Å²) < 4.78 is 0. The Balaban J connectivity index is 1.83. The molecule has 0 aromatic heterocycles. The minimum absolute atomic E-state index is 0.0897. The number of aliphatic hydroxyl groups excluding tert-OH is 1.